The van der Waals surface area contributed by atoms with Crippen molar-refractivity contribution >= 4 is 12.0 Å². The number of carbonyl (C=O) groups excluding carboxylic acids is 1. The molecule has 0 bridgehead atoms. The summed E-state index contributed by atoms with van der Waals surface area (Å²) in [5, 5.41) is 0. The largest absolute Gasteiger partial charge is 0.497 e. The fourth-order valence-electron chi connectivity index (χ4n) is 2.83. The van der Waals surface area contributed by atoms with Gasteiger partial charge in [-0.15, -0.1) is 0 Å². The zero-order chi connectivity index (χ0) is 17.6. The average Bonchev–Trinajstić information content (AvgIpc) is 3.13. The first-order valence-corrected chi connectivity index (χ1v) is 8.42. The lowest BCUT2D eigenvalue weighted by Crippen LogP contribution is -2.46. The van der Waals surface area contributed by atoms with Gasteiger partial charge in [0.15, 0.2) is 5.69 Å². The van der Waals surface area contributed by atoms with Crippen LogP contribution in [0.2, 0.25) is 0 Å². The van der Waals surface area contributed by atoms with E-state index in [4.69, 9.17) is 13.9 Å². The number of hydrogen-bond acceptors (Lipinski definition) is 7. The van der Waals surface area contributed by atoms with Gasteiger partial charge in [0.25, 0.3) is 6.01 Å². The molecule has 1 aromatic carbocycles. The molecule has 2 heterocycles. The van der Waals surface area contributed by atoms with Crippen molar-refractivity contribution < 1.29 is 18.7 Å². The predicted molar refractivity (Wildman–Crippen MR) is 92.9 cm³/mol. The molecular weight excluding hydrogens is 322 g/mol. The minimum absolute atomic E-state index is 0.218. The Hall–Kier alpha value is -2.54. The molecule has 2 aromatic rings. The Bertz CT molecular complexity index is 708. The van der Waals surface area contributed by atoms with Crippen LogP contribution in [-0.4, -0.2) is 55.7 Å². The van der Waals surface area contributed by atoms with Gasteiger partial charge in [-0.25, -0.2) is 4.79 Å². The maximum absolute atomic E-state index is 11.7. The van der Waals surface area contributed by atoms with Crippen LogP contribution in [0, 0.1) is 0 Å². The van der Waals surface area contributed by atoms with E-state index in [0.717, 1.165) is 38.5 Å². The van der Waals surface area contributed by atoms with Gasteiger partial charge in [-0.1, -0.05) is 12.1 Å². The number of benzene rings is 1. The van der Waals surface area contributed by atoms with Gasteiger partial charge >= 0.3 is 5.97 Å². The molecule has 1 saturated heterocycles. The molecule has 1 aromatic heterocycles. The number of carbonyl (C=O) groups is 1. The number of aromatic nitrogens is 1. The molecule has 0 saturated carbocycles. The van der Waals surface area contributed by atoms with E-state index < -0.39 is 5.97 Å². The molecule has 1 aliphatic rings. The van der Waals surface area contributed by atoms with Crippen molar-refractivity contribution in [2.75, 3.05) is 44.8 Å². The topological polar surface area (TPSA) is 68.0 Å². The minimum atomic E-state index is -0.450. The molecule has 7 heteroatoms. The molecule has 0 N–H and O–H groups in total. The Balaban J connectivity index is 1.54. The molecule has 0 spiro atoms. The van der Waals surface area contributed by atoms with Crippen LogP contribution >= 0.6 is 0 Å². The number of hydrogen-bond donors (Lipinski definition) is 0. The summed E-state index contributed by atoms with van der Waals surface area (Å²) in [5.41, 5.74) is 1.45. The molecule has 1 fully saturated rings. The number of oxazole rings is 1. The Morgan fingerprint density at radius 1 is 1.28 bits per heavy atom. The van der Waals surface area contributed by atoms with E-state index in [1.54, 1.807) is 14.0 Å². The molecule has 0 aliphatic carbocycles. The van der Waals surface area contributed by atoms with Gasteiger partial charge < -0.3 is 18.8 Å². The van der Waals surface area contributed by atoms with Crippen LogP contribution in [-0.2, 0) is 11.3 Å². The van der Waals surface area contributed by atoms with Gasteiger partial charge in [-0.3, -0.25) is 4.90 Å². The van der Waals surface area contributed by atoms with Crippen molar-refractivity contribution in [1.82, 2.24) is 9.88 Å². The average molecular weight is 345 g/mol. The van der Waals surface area contributed by atoms with Crippen LogP contribution in [0.25, 0.3) is 0 Å². The number of rotatable bonds is 6. The van der Waals surface area contributed by atoms with E-state index in [9.17, 15) is 4.79 Å². The van der Waals surface area contributed by atoms with Crippen molar-refractivity contribution in [3.63, 3.8) is 0 Å². The summed E-state index contributed by atoms with van der Waals surface area (Å²) in [5.74, 6) is 0.427. The summed E-state index contributed by atoms with van der Waals surface area (Å²) in [6.07, 6.45) is 1.36. The highest BCUT2D eigenvalue weighted by atomic mass is 16.5. The smallest absolute Gasteiger partial charge is 0.360 e. The van der Waals surface area contributed by atoms with Gasteiger partial charge in [0, 0.05) is 32.7 Å². The first-order chi connectivity index (χ1) is 12.2. The molecule has 3 rings (SSSR count). The molecule has 1 aliphatic heterocycles. The Kier molecular flexibility index (Phi) is 5.55. The van der Waals surface area contributed by atoms with E-state index in [1.807, 2.05) is 17.0 Å². The van der Waals surface area contributed by atoms with E-state index in [2.05, 4.69) is 22.0 Å². The van der Waals surface area contributed by atoms with Gasteiger partial charge in [0.1, 0.15) is 12.0 Å². The summed E-state index contributed by atoms with van der Waals surface area (Å²) >= 11 is 0. The molecule has 0 unspecified atom stereocenters. The van der Waals surface area contributed by atoms with Crippen LogP contribution in [0.15, 0.2) is 34.9 Å². The highest BCUT2D eigenvalue weighted by Crippen LogP contribution is 2.19. The zero-order valence-corrected chi connectivity index (χ0v) is 14.6. The van der Waals surface area contributed by atoms with E-state index in [-0.39, 0.29) is 5.69 Å². The molecule has 25 heavy (non-hydrogen) atoms. The van der Waals surface area contributed by atoms with Gasteiger partial charge in [0.2, 0.25) is 0 Å². The van der Waals surface area contributed by atoms with Gasteiger partial charge in [-0.2, -0.15) is 4.98 Å². The Morgan fingerprint density at radius 2 is 2.08 bits per heavy atom. The zero-order valence-electron chi connectivity index (χ0n) is 14.6. The molecule has 0 radical (unpaired) electrons. The SMILES string of the molecule is CCOC(=O)c1coc(N2CCN(Cc3cccc(OC)c3)CC2)n1. The van der Waals surface area contributed by atoms with Crippen LogP contribution in [0.1, 0.15) is 23.0 Å². The van der Waals surface area contributed by atoms with Crippen molar-refractivity contribution in [1.29, 1.82) is 0 Å². The Labute approximate surface area is 147 Å². The Morgan fingerprint density at radius 3 is 2.80 bits per heavy atom. The number of piperazine rings is 1. The second-order valence-corrected chi connectivity index (χ2v) is 5.85. The standard InChI is InChI=1S/C18H23N3O4/c1-3-24-17(22)16-13-25-18(19-16)21-9-7-20(8-10-21)12-14-5-4-6-15(11-14)23-2/h4-6,11,13H,3,7-10,12H2,1-2H3. The lowest BCUT2D eigenvalue weighted by atomic mass is 10.2. The highest BCUT2D eigenvalue weighted by Gasteiger charge is 2.22. The predicted octanol–water partition coefficient (Wildman–Crippen LogP) is 2.18. The summed E-state index contributed by atoms with van der Waals surface area (Å²) < 4.78 is 15.6. The van der Waals surface area contributed by atoms with Crippen molar-refractivity contribution in [3.05, 3.63) is 41.8 Å². The van der Waals surface area contributed by atoms with Crippen LogP contribution < -0.4 is 9.64 Å². The van der Waals surface area contributed by atoms with Crippen LogP contribution in [0.4, 0.5) is 6.01 Å². The fraction of sp³-hybridized carbons (Fsp3) is 0.444. The molecule has 7 nitrogen and oxygen atoms in total. The number of nitrogens with zero attached hydrogens (tertiary/aromatic N) is 3. The molecule has 0 amide bonds. The van der Waals surface area contributed by atoms with E-state index >= 15 is 0 Å². The third-order valence-electron chi connectivity index (χ3n) is 4.16. The first-order valence-electron chi connectivity index (χ1n) is 8.42. The second kappa shape index (κ2) is 8.02. The molecular formula is C18H23N3O4. The monoisotopic (exact) mass is 345 g/mol. The van der Waals surface area contributed by atoms with Crippen molar-refractivity contribution in [2.45, 2.75) is 13.5 Å². The third kappa shape index (κ3) is 4.30. The maximum Gasteiger partial charge on any atom is 0.360 e. The number of anilines is 1. The molecule has 0 atom stereocenters. The summed E-state index contributed by atoms with van der Waals surface area (Å²) in [6.45, 7) is 6.36. The normalized spacial score (nSPS) is 15.2. The number of methoxy groups -OCH3 is 1. The van der Waals surface area contributed by atoms with E-state index in [0.29, 0.717) is 12.6 Å². The van der Waals surface area contributed by atoms with Gasteiger partial charge in [0.05, 0.1) is 13.7 Å². The highest BCUT2D eigenvalue weighted by molar-refractivity contribution is 5.87. The lowest BCUT2D eigenvalue weighted by Gasteiger charge is -2.33. The quantitative estimate of drug-likeness (QED) is 0.743. The minimum Gasteiger partial charge on any atom is -0.497 e. The van der Waals surface area contributed by atoms with Gasteiger partial charge in [-0.05, 0) is 24.6 Å². The summed E-state index contributed by atoms with van der Waals surface area (Å²) in [6, 6.07) is 8.60. The fourth-order valence-corrected chi connectivity index (χ4v) is 2.83. The van der Waals surface area contributed by atoms with Crippen molar-refractivity contribution in [2.24, 2.45) is 0 Å². The maximum atomic E-state index is 11.7. The van der Waals surface area contributed by atoms with Crippen LogP contribution in [0.5, 0.6) is 5.75 Å². The summed E-state index contributed by atoms with van der Waals surface area (Å²) in [7, 11) is 1.68. The molecule has 134 valence electrons. The van der Waals surface area contributed by atoms with Crippen molar-refractivity contribution in [3.8, 4) is 5.75 Å². The second-order valence-electron chi connectivity index (χ2n) is 5.85. The van der Waals surface area contributed by atoms with Crippen LogP contribution in [0.3, 0.4) is 0 Å². The number of ether oxygens (including phenoxy) is 2. The van der Waals surface area contributed by atoms with E-state index in [1.165, 1.54) is 11.8 Å². The number of esters is 1. The summed E-state index contributed by atoms with van der Waals surface area (Å²) in [4.78, 5) is 20.3. The first kappa shape index (κ1) is 17.3. The lowest BCUT2D eigenvalue weighted by molar-refractivity contribution is 0.0519. The third-order valence-corrected chi connectivity index (χ3v) is 4.16.